The van der Waals surface area contributed by atoms with E-state index in [1.54, 1.807) is 11.8 Å². The van der Waals surface area contributed by atoms with E-state index in [1.165, 1.54) is 13.8 Å². The third-order valence-electron chi connectivity index (χ3n) is 15.1. The first kappa shape index (κ1) is 39.5. The Balaban J connectivity index is 0.00000504. The fourth-order valence-corrected chi connectivity index (χ4v) is 12.2. The number of carbonyl (C=O) groups is 5. The molecule has 0 bridgehead atoms. The summed E-state index contributed by atoms with van der Waals surface area (Å²) >= 11 is 0. The SMILES string of the molecule is C=C(C(=O)[C@H](OC(C)=O)[C@@H](C)[C@H]1[C@@H](OC(C)=O)C[C@@]2(C)[C@@H]3CC[C@H]4[C@H](C)C(=O)C=C[C@@]45C[C@@]35CC[C@]12C)[C@@H](C)COC(=O)N1CCN(C)CC1.Cl. The number of halogens is 1. The fraction of sp³-hybridized carbons (Fsp3) is 0.775. The highest BCUT2D eigenvalue weighted by Crippen LogP contribution is 2.87. The minimum absolute atomic E-state index is 0. The molecule has 1 heterocycles. The predicted octanol–water partition coefficient (Wildman–Crippen LogP) is 6.06. The molecule has 0 N–H and O–H groups in total. The van der Waals surface area contributed by atoms with Crippen molar-refractivity contribution in [3.05, 3.63) is 24.3 Å². The highest BCUT2D eigenvalue weighted by molar-refractivity contribution is 6.00. The molecule has 2 spiro atoms. The van der Waals surface area contributed by atoms with Gasteiger partial charge in [0.05, 0.1) is 6.61 Å². The Morgan fingerprint density at radius 2 is 1.67 bits per heavy atom. The van der Waals surface area contributed by atoms with E-state index in [0.717, 1.165) is 45.2 Å². The molecule has 11 heteroatoms. The lowest BCUT2D eigenvalue weighted by molar-refractivity contribution is -0.166. The van der Waals surface area contributed by atoms with Crippen molar-refractivity contribution in [3.63, 3.8) is 0 Å². The number of piperazine rings is 1. The number of nitrogens with zero attached hydrogens (tertiary/aromatic N) is 2. The number of hydrogen-bond donors (Lipinski definition) is 0. The lowest BCUT2D eigenvalue weighted by Gasteiger charge is -2.61. The van der Waals surface area contributed by atoms with Crippen molar-refractivity contribution in [1.82, 2.24) is 9.80 Å². The quantitative estimate of drug-likeness (QED) is 0.159. The topological polar surface area (TPSA) is 120 Å². The number of amides is 1. The second kappa shape index (κ2) is 13.9. The van der Waals surface area contributed by atoms with Gasteiger partial charge < -0.3 is 24.0 Å². The minimum atomic E-state index is -1.13. The van der Waals surface area contributed by atoms with E-state index in [-0.39, 0.29) is 69.8 Å². The third-order valence-corrected chi connectivity index (χ3v) is 15.1. The first-order valence-corrected chi connectivity index (χ1v) is 18.8. The zero-order chi connectivity index (χ0) is 36.6. The Morgan fingerprint density at radius 3 is 2.29 bits per heavy atom. The van der Waals surface area contributed by atoms with E-state index in [4.69, 9.17) is 14.2 Å². The number of Topliss-reactive ketones (excluding diaryl/α,β-unsaturated/α-hetero) is 1. The van der Waals surface area contributed by atoms with Crippen molar-refractivity contribution >= 4 is 42.0 Å². The summed E-state index contributed by atoms with van der Waals surface area (Å²) in [5, 5.41) is 0. The number of likely N-dealkylation sites (N-methyl/N-ethyl adjacent to an activating group) is 1. The minimum Gasteiger partial charge on any atom is -0.462 e. The monoisotopic (exact) mass is 730 g/mol. The average molecular weight is 731 g/mol. The van der Waals surface area contributed by atoms with Crippen molar-refractivity contribution in [2.24, 2.45) is 57.2 Å². The van der Waals surface area contributed by atoms with Crippen LogP contribution in [0.15, 0.2) is 24.3 Å². The van der Waals surface area contributed by atoms with E-state index >= 15 is 0 Å². The molecule has 5 aliphatic carbocycles. The molecular formula is C40H59ClN2O8. The van der Waals surface area contributed by atoms with Crippen LogP contribution >= 0.6 is 12.4 Å². The van der Waals surface area contributed by atoms with Gasteiger partial charge in [-0.2, -0.15) is 0 Å². The first-order valence-electron chi connectivity index (χ1n) is 18.8. The molecule has 5 fully saturated rings. The smallest absolute Gasteiger partial charge is 0.409 e. The number of rotatable bonds is 9. The van der Waals surface area contributed by atoms with Gasteiger partial charge in [-0.3, -0.25) is 19.2 Å². The van der Waals surface area contributed by atoms with Crippen molar-refractivity contribution in [2.75, 3.05) is 39.8 Å². The summed E-state index contributed by atoms with van der Waals surface area (Å²) in [6, 6.07) is 0. The zero-order valence-electron chi connectivity index (χ0n) is 31.8. The predicted molar refractivity (Wildman–Crippen MR) is 194 cm³/mol. The van der Waals surface area contributed by atoms with Crippen LogP contribution < -0.4 is 0 Å². The molecular weight excluding hydrogens is 672 g/mol. The summed E-state index contributed by atoms with van der Waals surface area (Å²) < 4.78 is 17.7. The van der Waals surface area contributed by atoms with Gasteiger partial charge in [0.2, 0.25) is 0 Å². The number of esters is 2. The molecule has 0 unspecified atom stereocenters. The van der Waals surface area contributed by atoms with Gasteiger partial charge in [-0.15, -0.1) is 12.4 Å². The number of hydrogen-bond acceptors (Lipinski definition) is 9. The Labute approximate surface area is 309 Å². The lowest BCUT2D eigenvalue weighted by Crippen LogP contribution is -2.56. The van der Waals surface area contributed by atoms with Crippen LogP contribution in [0.25, 0.3) is 0 Å². The van der Waals surface area contributed by atoms with E-state index < -0.39 is 41.9 Å². The maximum atomic E-state index is 14.3. The van der Waals surface area contributed by atoms with Gasteiger partial charge in [0.1, 0.15) is 6.10 Å². The summed E-state index contributed by atoms with van der Waals surface area (Å²) in [5.74, 6) is -1.54. The molecule has 0 radical (unpaired) electrons. The van der Waals surface area contributed by atoms with Gasteiger partial charge in [-0.1, -0.05) is 47.3 Å². The van der Waals surface area contributed by atoms with E-state index in [9.17, 15) is 24.0 Å². The third kappa shape index (κ3) is 6.18. The molecule has 12 atom stereocenters. The van der Waals surface area contributed by atoms with Gasteiger partial charge in [-0.25, -0.2) is 4.79 Å². The van der Waals surface area contributed by atoms with Crippen LogP contribution in [-0.4, -0.2) is 91.4 Å². The molecule has 6 rings (SSSR count). The number of fused-ring (bicyclic) bond motifs is 2. The summed E-state index contributed by atoms with van der Waals surface area (Å²) in [6.45, 7) is 20.1. The Kier molecular flexibility index (Phi) is 10.8. The Hall–Kier alpha value is -2.72. The number of carbonyl (C=O) groups excluding carboxylic acids is 5. The van der Waals surface area contributed by atoms with Gasteiger partial charge >= 0.3 is 18.0 Å². The number of ketones is 2. The molecule has 4 saturated carbocycles. The van der Waals surface area contributed by atoms with Crippen LogP contribution in [0, 0.1) is 57.2 Å². The van der Waals surface area contributed by atoms with E-state index in [2.05, 4.69) is 38.3 Å². The molecule has 284 valence electrons. The summed E-state index contributed by atoms with van der Waals surface area (Å²) in [5.41, 5.74) is -0.125. The Bertz CT molecular complexity index is 1490. The second-order valence-electron chi connectivity index (χ2n) is 17.4. The van der Waals surface area contributed by atoms with Crippen LogP contribution in [-0.2, 0) is 33.4 Å². The van der Waals surface area contributed by atoms with Crippen LogP contribution in [0.5, 0.6) is 0 Å². The van der Waals surface area contributed by atoms with Crippen LogP contribution in [0.2, 0.25) is 0 Å². The molecule has 1 amide bonds. The summed E-state index contributed by atoms with van der Waals surface area (Å²) in [6.07, 6.45) is 7.77. The van der Waals surface area contributed by atoms with Gasteiger partial charge in [-0.05, 0) is 90.7 Å². The highest BCUT2D eigenvalue weighted by Gasteiger charge is 2.81. The molecule has 0 aromatic carbocycles. The van der Waals surface area contributed by atoms with Crippen LogP contribution in [0.3, 0.4) is 0 Å². The molecule has 10 nitrogen and oxygen atoms in total. The number of ether oxygens (including phenoxy) is 3. The number of allylic oxidation sites excluding steroid dienone is 2. The summed E-state index contributed by atoms with van der Waals surface area (Å²) in [7, 11) is 2.01. The molecule has 0 aromatic rings. The Morgan fingerprint density at radius 1 is 1.00 bits per heavy atom. The van der Waals surface area contributed by atoms with Crippen LogP contribution in [0.4, 0.5) is 4.79 Å². The highest BCUT2D eigenvalue weighted by atomic mass is 35.5. The van der Waals surface area contributed by atoms with Gasteiger partial charge in [0, 0.05) is 63.7 Å². The van der Waals surface area contributed by atoms with Crippen molar-refractivity contribution in [1.29, 1.82) is 0 Å². The van der Waals surface area contributed by atoms with Crippen molar-refractivity contribution < 1.29 is 38.2 Å². The van der Waals surface area contributed by atoms with E-state index in [0.29, 0.717) is 31.3 Å². The molecule has 6 aliphatic rings. The first-order chi connectivity index (χ1) is 23.4. The standard InChI is InChI=1S/C40H58N2O8.ClH/c1-23(21-48-36(47)42-18-16-41(9)17-19-42)24(2)34(46)35(50-28(6)44)26(4)33-31(49-27(5)43)20-38(8)32-11-10-29-25(3)30(45)12-13-39(29)22-40(32,39)15-14-37(33,38)7;/h12-13,23,25-26,29,31-33,35H,2,10-11,14-22H2,1,3-9H3;1H/t23-,25-,26-,29-,31-,32-,33-,35+,37+,38-,39+,40-;/m0./s1. The molecule has 0 aromatic heterocycles. The zero-order valence-corrected chi connectivity index (χ0v) is 32.6. The maximum absolute atomic E-state index is 14.3. The fourth-order valence-electron chi connectivity index (χ4n) is 12.2. The van der Waals surface area contributed by atoms with Crippen molar-refractivity contribution in [3.8, 4) is 0 Å². The van der Waals surface area contributed by atoms with Crippen molar-refractivity contribution in [2.45, 2.75) is 99.2 Å². The largest absolute Gasteiger partial charge is 0.462 e. The normalized spacial score (nSPS) is 39.8. The molecule has 1 aliphatic heterocycles. The van der Waals surface area contributed by atoms with Gasteiger partial charge in [0.15, 0.2) is 17.7 Å². The second-order valence-corrected chi connectivity index (χ2v) is 17.4. The van der Waals surface area contributed by atoms with E-state index in [1.807, 2.05) is 20.0 Å². The average Bonchev–Trinajstić information content (AvgIpc) is 3.67. The summed E-state index contributed by atoms with van der Waals surface area (Å²) in [4.78, 5) is 68.8. The maximum Gasteiger partial charge on any atom is 0.409 e. The lowest BCUT2D eigenvalue weighted by atomic mass is 9.43. The van der Waals surface area contributed by atoms with Crippen LogP contribution in [0.1, 0.15) is 87.0 Å². The molecule has 51 heavy (non-hydrogen) atoms. The molecule has 1 saturated heterocycles. The van der Waals surface area contributed by atoms with Gasteiger partial charge in [0.25, 0.3) is 0 Å².